The Bertz CT molecular complexity index is 674. The summed E-state index contributed by atoms with van der Waals surface area (Å²) in [5.41, 5.74) is 2.32. The molecule has 0 saturated heterocycles. The van der Waals surface area contributed by atoms with Crippen LogP contribution in [0.15, 0.2) is 46.0 Å². The van der Waals surface area contributed by atoms with E-state index in [1.165, 1.54) is 25.7 Å². The third-order valence-electron chi connectivity index (χ3n) is 5.03. The maximum absolute atomic E-state index is 5.56. The van der Waals surface area contributed by atoms with Crippen LogP contribution in [0.4, 0.5) is 0 Å². The summed E-state index contributed by atoms with van der Waals surface area (Å²) in [5.74, 6) is 1.47. The van der Waals surface area contributed by atoms with Crippen molar-refractivity contribution in [2.45, 2.75) is 39.2 Å². The summed E-state index contributed by atoms with van der Waals surface area (Å²) >= 11 is 0. The van der Waals surface area contributed by atoms with Gasteiger partial charge in [0.25, 0.3) is 0 Å². The fraction of sp³-hybridized carbons (Fsp3) is 0.474. The van der Waals surface area contributed by atoms with Gasteiger partial charge in [0.1, 0.15) is 6.26 Å². The van der Waals surface area contributed by atoms with Crippen molar-refractivity contribution in [1.29, 1.82) is 0 Å². The van der Waals surface area contributed by atoms with Gasteiger partial charge in [-0.25, -0.2) is 4.98 Å². The van der Waals surface area contributed by atoms with Gasteiger partial charge in [-0.2, -0.15) is 0 Å². The molecule has 136 valence electrons. The van der Waals surface area contributed by atoms with Gasteiger partial charge in [-0.3, -0.25) is 4.99 Å². The van der Waals surface area contributed by atoms with Crippen LogP contribution in [0.1, 0.15) is 38.3 Å². The molecule has 1 aliphatic rings. The molecular formula is C19H27IN4O. The molecule has 1 saturated carbocycles. The van der Waals surface area contributed by atoms with Crippen LogP contribution in [-0.4, -0.2) is 24.5 Å². The molecule has 1 heterocycles. The molecule has 25 heavy (non-hydrogen) atoms. The average Bonchev–Trinajstić information content (AvgIpc) is 3.06. The number of aromatic nitrogens is 1. The molecule has 0 spiro atoms. The minimum absolute atomic E-state index is 0. The van der Waals surface area contributed by atoms with Gasteiger partial charge in [0.2, 0.25) is 5.89 Å². The average molecular weight is 454 g/mol. The molecule has 0 amide bonds. The predicted molar refractivity (Wildman–Crippen MR) is 112 cm³/mol. The second-order valence-electron chi connectivity index (χ2n) is 6.50. The number of oxazole rings is 1. The zero-order chi connectivity index (χ0) is 16.8. The van der Waals surface area contributed by atoms with E-state index in [2.05, 4.69) is 27.5 Å². The van der Waals surface area contributed by atoms with Crippen LogP contribution in [0.25, 0.3) is 11.5 Å². The maximum Gasteiger partial charge on any atom is 0.226 e. The normalized spacial score (nSPS) is 15.8. The molecule has 0 atom stereocenters. The Hall–Kier alpha value is -1.57. The van der Waals surface area contributed by atoms with Crippen LogP contribution in [0.3, 0.4) is 0 Å². The Labute approximate surface area is 166 Å². The number of benzene rings is 1. The molecule has 2 aromatic rings. The number of hydrogen-bond donors (Lipinski definition) is 2. The van der Waals surface area contributed by atoms with Crippen molar-refractivity contribution >= 4 is 29.9 Å². The number of nitrogens with one attached hydrogen (secondary N) is 2. The van der Waals surface area contributed by atoms with E-state index in [0.717, 1.165) is 23.8 Å². The molecule has 6 heteroatoms. The summed E-state index contributed by atoms with van der Waals surface area (Å²) < 4.78 is 5.56. The number of aliphatic imine (C=N–C) groups is 1. The molecule has 3 rings (SSSR count). The van der Waals surface area contributed by atoms with E-state index in [4.69, 9.17) is 4.42 Å². The van der Waals surface area contributed by atoms with Crippen molar-refractivity contribution in [2.24, 2.45) is 10.4 Å². The first-order valence-corrected chi connectivity index (χ1v) is 8.69. The van der Waals surface area contributed by atoms with E-state index in [9.17, 15) is 0 Å². The molecule has 0 unspecified atom stereocenters. The van der Waals surface area contributed by atoms with Gasteiger partial charge in [0.15, 0.2) is 5.96 Å². The highest BCUT2D eigenvalue weighted by Crippen LogP contribution is 2.42. The van der Waals surface area contributed by atoms with Crippen LogP contribution in [0.5, 0.6) is 0 Å². The molecule has 1 fully saturated rings. The van der Waals surface area contributed by atoms with E-state index in [-0.39, 0.29) is 24.0 Å². The van der Waals surface area contributed by atoms with Crippen LogP contribution in [-0.2, 0) is 6.54 Å². The lowest BCUT2D eigenvalue weighted by Crippen LogP contribution is -2.46. The highest BCUT2D eigenvalue weighted by atomic mass is 127. The summed E-state index contributed by atoms with van der Waals surface area (Å²) in [4.78, 5) is 8.83. The summed E-state index contributed by atoms with van der Waals surface area (Å²) in [6, 6.07) is 9.93. The van der Waals surface area contributed by atoms with Gasteiger partial charge in [0, 0.05) is 19.2 Å². The standard InChI is InChI=1S/C19H26N4O.HI/c1-3-19(10-7-11-19)14-22-18(20-2)21-12-16-13-24-17(23-16)15-8-5-4-6-9-15;/h4-6,8-9,13H,3,7,10-12,14H2,1-2H3,(H2,20,21,22);1H. The third kappa shape index (κ3) is 4.96. The topological polar surface area (TPSA) is 62.5 Å². The lowest BCUT2D eigenvalue weighted by atomic mass is 9.67. The molecular weight excluding hydrogens is 427 g/mol. The molecule has 1 aromatic heterocycles. The second-order valence-corrected chi connectivity index (χ2v) is 6.50. The number of nitrogens with zero attached hydrogens (tertiary/aromatic N) is 2. The van der Waals surface area contributed by atoms with E-state index >= 15 is 0 Å². The van der Waals surface area contributed by atoms with Crippen LogP contribution >= 0.6 is 24.0 Å². The van der Waals surface area contributed by atoms with Crippen molar-refractivity contribution in [3.8, 4) is 11.5 Å². The van der Waals surface area contributed by atoms with Crippen molar-refractivity contribution in [2.75, 3.05) is 13.6 Å². The zero-order valence-electron chi connectivity index (χ0n) is 14.9. The zero-order valence-corrected chi connectivity index (χ0v) is 17.2. The van der Waals surface area contributed by atoms with Crippen molar-refractivity contribution < 1.29 is 4.42 Å². The Morgan fingerprint density at radius 3 is 2.60 bits per heavy atom. The number of hydrogen-bond acceptors (Lipinski definition) is 3. The molecule has 0 radical (unpaired) electrons. The van der Waals surface area contributed by atoms with Gasteiger partial charge in [-0.05, 0) is 36.8 Å². The lowest BCUT2D eigenvalue weighted by molar-refractivity contribution is 0.131. The van der Waals surface area contributed by atoms with Crippen molar-refractivity contribution in [1.82, 2.24) is 15.6 Å². The second kappa shape index (κ2) is 9.22. The van der Waals surface area contributed by atoms with Crippen molar-refractivity contribution in [3.05, 3.63) is 42.3 Å². The minimum Gasteiger partial charge on any atom is -0.444 e. The highest BCUT2D eigenvalue weighted by molar-refractivity contribution is 14.0. The Balaban J connectivity index is 0.00000225. The third-order valence-corrected chi connectivity index (χ3v) is 5.03. The predicted octanol–water partition coefficient (Wildman–Crippen LogP) is 4.20. The monoisotopic (exact) mass is 454 g/mol. The minimum atomic E-state index is 0. The van der Waals surface area contributed by atoms with E-state index in [1.54, 1.807) is 13.3 Å². The van der Waals surface area contributed by atoms with Gasteiger partial charge in [-0.1, -0.05) is 31.5 Å². The van der Waals surface area contributed by atoms with E-state index in [0.29, 0.717) is 17.9 Å². The number of halogens is 1. The molecule has 5 nitrogen and oxygen atoms in total. The first-order valence-electron chi connectivity index (χ1n) is 8.69. The fourth-order valence-electron chi connectivity index (χ4n) is 3.10. The Morgan fingerprint density at radius 2 is 2.00 bits per heavy atom. The quantitative estimate of drug-likeness (QED) is 0.390. The van der Waals surface area contributed by atoms with Crippen LogP contribution in [0, 0.1) is 5.41 Å². The summed E-state index contributed by atoms with van der Waals surface area (Å²) in [7, 11) is 1.80. The summed E-state index contributed by atoms with van der Waals surface area (Å²) in [5, 5.41) is 6.76. The van der Waals surface area contributed by atoms with Gasteiger partial charge in [0.05, 0.1) is 12.2 Å². The largest absolute Gasteiger partial charge is 0.444 e. The molecule has 1 aliphatic carbocycles. The Morgan fingerprint density at radius 1 is 1.24 bits per heavy atom. The molecule has 0 aliphatic heterocycles. The lowest BCUT2D eigenvalue weighted by Gasteiger charge is -2.41. The fourth-order valence-corrected chi connectivity index (χ4v) is 3.10. The first-order chi connectivity index (χ1) is 11.7. The van der Waals surface area contributed by atoms with Gasteiger partial charge < -0.3 is 15.1 Å². The van der Waals surface area contributed by atoms with Crippen LogP contribution in [0.2, 0.25) is 0 Å². The SMILES string of the molecule is CCC1(CNC(=NC)NCc2coc(-c3ccccc3)n2)CCC1.I. The van der Waals surface area contributed by atoms with Gasteiger partial charge >= 0.3 is 0 Å². The molecule has 1 aromatic carbocycles. The first kappa shape index (κ1) is 19.8. The molecule has 0 bridgehead atoms. The van der Waals surface area contributed by atoms with E-state index < -0.39 is 0 Å². The van der Waals surface area contributed by atoms with Crippen LogP contribution < -0.4 is 10.6 Å². The Kier molecular flexibility index (Phi) is 7.28. The van der Waals surface area contributed by atoms with E-state index in [1.807, 2.05) is 30.3 Å². The van der Waals surface area contributed by atoms with Gasteiger partial charge in [-0.15, -0.1) is 24.0 Å². The smallest absolute Gasteiger partial charge is 0.226 e. The summed E-state index contributed by atoms with van der Waals surface area (Å²) in [6.07, 6.45) is 6.90. The highest BCUT2D eigenvalue weighted by Gasteiger charge is 2.34. The maximum atomic E-state index is 5.56. The molecule has 2 N–H and O–H groups in total. The number of guanidine groups is 1. The summed E-state index contributed by atoms with van der Waals surface area (Å²) in [6.45, 7) is 3.85. The number of rotatable bonds is 6. The van der Waals surface area contributed by atoms with Crippen molar-refractivity contribution in [3.63, 3.8) is 0 Å².